The molecule has 1 N–H and O–H groups in total. The molecule has 2 heterocycles. The molecule has 0 amide bonds. The third-order valence-electron chi connectivity index (χ3n) is 2.31. The van der Waals surface area contributed by atoms with E-state index in [4.69, 9.17) is 9.15 Å². The lowest BCUT2D eigenvalue weighted by Crippen LogP contribution is -2.16. The first-order chi connectivity index (χ1) is 7.84. The standard InChI is InChI=1S/C11H8N2O3/c14-11-7-3-1-2-4-8(7)13-10(16-11)9-12-5-6-15-9/h1-6,9,12H. The highest BCUT2D eigenvalue weighted by atomic mass is 16.5. The fraction of sp³-hybridized carbons (Fsp3) is 0.0909. The number of fused-ring (bicyclic) bond motifs is 1. The topological polar surface area (TPSA) is 64.4 Å². The lowest BCUT2D eigenvalue weighted by Gasteiger charge is -2.08. The second kappa shape index (κ2) is 3.37. The van der Waals surface area contributed by atoms with Crippen LogP contribution in [0.2, 0.25) is 0 Å². The van der Waals surface area contributed by atoms with Crippen LogP contribution < -0.4 is 10.9 Å². The third kappa shape index (κ3) is 1.33. The first kappa shape index (κ1) is 8.96. The molecule has 1 unspecified atom stereocenters. The molecule has 0 fully saturated rings. The van der Waals surface area contributed by atoms with Crippen LogP contribution in [0, 0.1) is 0 Å². The Morgan fingerprint density at radius 1 is 1.31 bits per heavy atom. The summed E-state index contributed by atoms with van der Waals surface area (Å²) in [6.07, 6.45) is 2.60. The maximum atomic E-state index is 11.6. The van der Waals surface area contributed by atoms with E-state index >= 15 is 0 Å². The maximum absolute atomic E-state index is 11.6. The zero-order valence-corrected chi connectivity index (χ0v) is 8.21. The van der Waals surface area contributed by atoms with Crippen LogP contribution in [0.25, 0.3) is 10.9 Å². The van der Waals surface area contributed by atoms with Crippen LogP contribution in [0.3, 0.4) is 0 Å². The van der Waals surface area contributed by atoms with E-state index in [0.29, 0.717) is 10.9 Å². The number of ether oxygens (including phenoxy) is 1. The number of rotatable bonds is 1. The van der Waals surface area contributed by atoms with E-state index in [1.165, 1.54) is 6.26 Å². The summed E-state index contributed by atoms with van der Waals surface area (Å²) in [7, 11) is 0. The van der Waals surface area contributed by atoms with Gasteiger partial charge in [0.25, 0.3) is 5.89 Å². The number of nitrogens with zero attached hydrogens (tertiary/aromatic N) is 1. The largest absolute Gasteiger partial charge is 0.467 e. The molecular formula is C11H8N2O3. The average molecular weight is 216 g/mol. The van der Waals surface area contributed by atoms with Crippen molar-refractivity contribution in [2.75, 3.05) is 0 Å². The molecule has 16 heavy (non-hydrogen) atoms. The van der Waals surface area contributed by atoms with Gasteiger partial charge in [0.1, 0.15) is 6.26 Å². The fourth-order valence-corrected chi connectivity index (χ4v) is 1.56. The number of benzene rings is 1. The summed E-state index contributed by atoms with van der Waals surface area (Å²) in [5.41, 5.74) is 0.198. The molecule has 0 radical (unpaired) electrons. The summed E-state index contributed by atoms with van der Waals surface area (Å²) in [6.45, 7) is 0. The Balaban J connectivity index is 2.17. The van der Waals surface area contributed by atoms with E-state index in [9.17, 15) is 4.79 Å². The molecule has 5 nitrogen and oxygen atoms in total. The first-order valence-corrected chi connectivity index (χ1v) is 4.81. The van der Waals surface area contributed by atoms with Gasteiger partial charge in [-0.15, -0.1) is 0 Å². The third-order valence-corrected chi connectivity index (χ3v) is 2.31. The Kier molecular flexibility index (Phi) is 1.89. The minimum atomic E-state index is -0.516. The first-order valence-electron chi connectivity index (χ1n) is 4.81. The predicted molar refractivity (Wildman–Crippen MR) is 56.4 cm³/mol. The molecule has 0 aliphatic carbocycles. The summed E-state index contributed by atoms with van der Waals surface area (Å²) in [5, 5.41) is 3.34. The SMILES string of the molecule is O=c1oc(C2NC=CO2)nc2ccccc12. The van der Waals surface area contributed by atoms with Crippen molar-refractivity contribution in [3.05, 3.63) is 53.0 Å². The molecule has 2 aromatic rings. The van der Waals surface area contributed by atoms with Gasteiger partial charge in [0.05, 0.1) is 10.9 Å². The zero-order valence-electron chi connectivity index (χ0n) is 8.21. The quantitative estimate of drug-likeness (QED) is 0.777. The predicted octanol–water partition coefficient (Wildman–Crippen LogP) is 1.28. The fourth-order valence-electron chi connectivity index (χ4n) is 1.56. The van der Waals surface area contributed by atoms with Crippen LogP contribution in [0.5, 0.6) is 0 Å². The highest BCUT2D eigenvalue weighted by Crippen LogP contribution is 2.17. The van der Waals surface area contributed by atoms with E-state index < -0.39 is 11.9 Å². The second-order valence-electron chi connectivity index (χ2n) is 3.34. The zero-order chi connectivity index (χ0) is 11.0. The van der Waals surface area contributed by atoms with Crippen LogP contribution in [0.15, 0.2) is 45.9 Å². The molecule has 1 atom stereocenters. The van der Waals surface area contributed by atoms with Crippen molar-refractivity contribution in [1.29, 1.82) is 0 Å². The van der Waals surface area contributed by atoms with E-state index in [0.717, 1.165) is 0 Å². The van der Waals surface area contributed by atoms with Crippen LogP contribution in [-0.2, 0) is 4.74 Å². The monoisotopic (exact) mass is 216 g/mol. The summed E-state index contributed by atoms with van der Waals surface area (Å²) in [5.74, 6) is 0.230. The van der Waals surface area contributed by atoms with Gasteiger partial charge in [-0.2, -0.15) is 0 Å². The lowest BCUT2D eigenvalue weighted by molar-refractivity contribution is 0.119. The van der Waals surface area contributed by atoms with Crippen LogP contribution in [0.4, 0.5) is 0 Å². The summed E-state index contributed by atoms with van der Waals surface area (Å²) >= 11 is 0. The number of aromatic nitrogens is 1. The van der Waals surface area contributed by atoms with Gasteiger partial charge in [-0.25, -0.2) is 9.78 Å². The molecular weight excluding hydrogens is 208 g/mol. The van der Waals surface area contributed by atoms with E-state index in [-0.39, 0.29) is 5.89 Å². The van der Waals surface area contributed by atoms with Gasteiger partial charge < -0.3 is 14.5 Å². The average Bonchev–Trinajstić information content (AvgIpc) is 2.82. The minimum absolute atomic E-state index is 0.230. The van der Waals surface area contributed by atoms with Gasteiger partial charge in [0.2, 0.25) is 6.23 Å². The van der Waals surface area contributed by atoms with Crippen molar-refractivity contribution in [2.24, 2.45) is 0 Å². The summed E-state index contributed by atoms with van der Waals surface area (Å²) in [6, 6.07) is 7.03. The van der Waals surface area contributed by atoms with Gasteiger partial charge in [-0.1, -0.05) is 12.1 Å². The Hall–Kier alpha value is -2.30. The van der Waals surface area contributed by atoms with Crippen molar-refractivity contribution in [1.82, 2.24) is 10.3 Å². The number of hydrogen-bond acceptors (Lipinski definition) is 5. The van der Waals surface area contributed by atoms with E-state index in [1.54, 1.807) is 24.4 Å². The molecule has 5 heteroatoms. The summed E-state index contributed by atoms with van der Waals surface area (Å²) < 4.78 is 10.2. The molecule has 1 aromatic carbocycles. The molecule has 0 bridgehead atoms. The molecule has 3 rings (SSSR count). The highest BCUT2D eigenvalue weighted by molar-refractivity contribution is 5.76. The molecule has 0 saturated carbocycles. The Morgan fingerprint density at radius 2 is 2.19 bits per heavy atom. The Labute approximate surface area is 90.4 Å². The van der Waals surface area contributed by atoms with Crippen molar-refractivity contribution in [3.8, 4) is 0 Å². The van der Waals surface area contributed by atoms with Gasteiger partial charge in [0.15, 0.2) is 0 Å². The molecule has 1 aliphatic rings. The van der Waals surface area contributed by atoms with Gasteiger partial charge in [0, 0.05) is 6.20 Å². The summed E-state index contributed by atoms with van der Waals surface area (Å²) in [4.78, 5) is 15.9. The van der Waals surface area contributed by atoms with Gasteiger partial charge in [-0.05, 0) is 12.1 Å². The van der Waals surface area contributed by atoms with Crippen molar-refractivity contribution >= 4 is 10.9 Å². The molecule has 80 valence electrons. The van der Waals surface area contributed by atoms with Crippen molar-refractivity contribution in [2.45, 2.75) is 6.23 Å². The Bertz CT molecular complexity index is 610. The van der Waals surface area contributed by atoms with Gasteiger partial charge >= 0.3 is 5.63 Å². The highest BCUT2D eigenvalue weighted by Gasteiger charge is 2.19. The normalized spacial score (nSPS) is 18.4. The van der Waals surface area contributed by atoms with Crippen LogP contribution in [0.1, 0.15) is 12.1 Å². The van der Waals surface area contributed by atoms with E-state index in [2.05, 4.69) is 10.3 Å². The molecule has 1 aliphatic heterocycles. The molecule has 0 saturated heterocycles. The van der Waals surface area contributed by atoms with Crippen molar-refractivity contribution < 1.29 is 9.15 Å². The van der Waals surface area contributed by atoms with Crippen LogP contribution in [-0.4, -0.2) is 4.98 Å². The minimum Gasteiger partial charge on any atom is -0.467 e. The molecule has 0 spiro atoms. The number of hydrogen-bond donors (Lipinski definition) is 1. The number of para-hydroxylation sites is 1. The second-order valence-corrected chi connectivity index (χ2v) is 3.34. The van der Waals surface area contributed by atoms with Crippen molar-refractivity contribution in [3.63, 3.8) is 0 Å². The van der Waals surface area contributed by atoms with E-state index in [1.807, 2.05) is 6.07 Å². The smallest absolute Gasteiger partial charge is 0.347 e. The number of nitrogens with one attached hydrogen (secondary N) is 1. The van der Waals surface area contributed by atoms with Crippen LogP contribution >= 0.6 is 0 Å². The van der Waals surface area contributed by atoms with Gasteiger partial charge in [-0.3, -0.25) is 0 Å². The lowest BCUT2D eigenvalue weighted by atomic mass is 10.2. The Morgan fingerprint density at radius 3 is 3.00 bits per heavy atom. The maximum Gasteiger partial charge on any atom is 0.347 e. The molecule has 1 aromatic heterocycles.